The van der Waals surface area contributed by atoms with Gasteiger partial charge in [0.2, 0.25) is 11.9 Å². The average Bonchev–Trinajstić information content (AvgIpc) is 3.00. The standard InChI is InChI=1S/C22H23FN4O2/c1-21(2,3)27-17-11-14(13-24)10-16(23)19(17)26-20(27)25-18(28)12-22(4,29)15-8-6-5-7-9-15/h5-11,29H,12H2,1-4H3,(H,25,26,28). The summed E-state index contributed by atoms with van der Waals surface area (Å²) in [6.07, 6.45) is -0.198. The van der Waals surface area contributed by atoms with Crippen LogP contribution in [0.1, 0.15) is 45.2 Å². The summed E-state index contributed by atoms with van der Waals surface area (Å²) in [6, 6.07) is 13.5. The van der Waals surface area contributed by atoms with E-state index in [1.165, 1.54) is 0 Å². The Morgan fingerprint density at radius 1 is 1.24 bits per heavy atom. The van der Waals surface area contributed by atoms with Crippen LogP contribution in [0.3, 0.4) is 0 Å². The fourth-order valence-electron chi connectivity index (χ4n) is 3.34. The van der Waals surface area contributed by atoms with Gasteiger partial charge < -0.3 is 9.67 Å². The van der Waals surface area contributed by atoms with E-state index in [1.54, 1.807) is 41.8 Å². The molecule has 29 heavy (non-hydrogen) atoms. The van der Waals surface area contributed by atoms with Crippen LogP contribution in [0.5, 0.6) is 0 Å². The molecule has 0 aliphatic carbocycles. The van der Waals surface area contributed by atoms with Gasteiger partial charge in [0.05, 0.1) is 29.2 Å². The van der Waals surface area contributed by atoms with Crippen LogP contribution in [-0.2, 0) is 15.9 Å². The molecule has 1 aromatic heterocycles. The van der Waals surface area contributed by atoms with E-state index in [0.29, 0.717) is 11.1 Å². The number of benzene rings is 2. The maximum atomic E-state index is 14.5. The summed E-state index contributed by atoms with van der Waals surface area (Å²) in [4.78, 5) is 17.0. The first-order valence-electron chi connectivity index (χ1n) is 9.23. The molecule has 1 amide bonds. The van der Waals surface area contributed by atoms with E-state index in [0.717, 1.165) is 6.07 Å². The van der Waals surface area contributed by atoms with Gasteiger partial charge in [0.25, 0.3) is 0 Å². The minimum Gasteiger partial charge on any atom is -0.385 e. The molecule has 0 saturated heterocycles. The van der Waals surface area contributed by atoms with E-state index >= 15 is 0 Å². The van der Waals surface area contributed by atoms with Gasteiger partial charge in [-0.05, 0) is 45.4 Å². The highest BCUT2D eigenvalue weighted by atomic mass is 19.1. The number of halogens is 1. The lowest BCUT2D eigenvalue weighted by molar-refractivity contribution is -0.120. The summed E-state index contributed by atoms with van der Waals surface area (Å²) < 4.78 is 16.1. The lowest BCUT2D eigenvalue weighted by Crippen LogP contribution is -2.31. The predicted octanol–water partition coefficient (Wildman–Crippen LogP) is 4.04. The van der Waals surface area contributed by atoms with Crippen LogP contribution in [0.15, 0.2) is 42.5 Å². The third-order valence-corrected chi connectivity index (χ3v) is 4.67. The van der Waals surface area contributed by atoms with Crippen LogP contribution >= 0.6 is 0 Å². The van der Waals surface area contributed by atoms with Crippen molar-refractivity contribution in [3.05, 3.63) is 59.4 Å². The number of carbonyl (C=O) groups excluding carboxylic acids is 1. The molecular formula is C22H23FN4O2. The monoisotopic (exact) mass is 394 g/mol. The van der Waals surface area contributed by atoms with Crippen molar-refractivity contribution in [3.63, 3.8) is 0 Å². The molecular weight excluding hydrogens is 371 g/mol. The van der Waals surface area contributed by atoms with Gasteiger partial charge in [0.15, 0.2) is 5.82 Å². The number of hydrogen-bond donors (Lipinski definition) is 2. The highest BCUT2D eigenvalue weighted by Crippen LogP contribution is 2.31. The Bertz CT molecular complexity index is 1110. The SMILES string of the molecule is CC(O)(CC(=O)Nc1nc2c(F)cc(C#N)cc2n1C(C)(C)C)c1ccccc1. The van der Waals surface area contributed by atoms with E-state index in [2.05, 4.69) is 10.3 Å². The highest BCUT2D eigenvalue weighted by molar-refractivity contribution is 5.92. The number of amides is 1. The van der Waals surface area contributed by atoms with Crippen molar-refractivity contribution in [2.24, 2.45) is 0 Å². The van der Waals surface area contributed by atoms with Crippen molar-refractivity contribution >= 4 is 22.9 Å². The van der Waals surface area contributed by atoms with Crippen LogP contribution in [0.2, 0.25) is 0 Å². The second-order valence-electron chi connectivity index (χ2n) is 8.24. The zero-order chi connectivity index (χ0) is 21.4. The van der Waals surface area contributed by atoms with Gasteiger partial charge in [-0.3, -0.25) is 10.1 Å². The molecule has 6 nitrogen and oxygen atoms in total. The third kappa shape index (κ3) is 4.13. The Morgan fingerprint density at radius 2 is 1.90 bits per heavy atom. The largest absolute Gasteiger partial charge is 0.385 e. The number of rotatable bonds is 4. The van der Waals surface area contributed by atoms with Crippen molar-refractivity contribution in [2.45, 2.75) is 45.3 Å². The molecule has 0 aliphatic rings. The van der Waals surface area contributed by atoms with E-state index < -0.39 is 22.9 Å². The van der Waals surface area contributed by atoms with Gasteiger partial charge in [-0.2, -0.15) is 5.26 Å². The number of hydrogen-bond acceptors (Lipinski definition) is 4. The second kappa shape index (κ2) is 7.30. The van der Waals surface area contributed by atoms with Gasteiger partial charge in [0, 0.05) is 5.54 Å². The molecule has 0 fully saturated rings. The molecule has 3 aromatic rings. The van der Waals surface area contributed by atoms with Gasteiger partial charge >= 0.3 is 0 Å². The van der Waals surface area contributed by atoms with Crippen molar-refractivity contribution in [3.8, 4) is 6.07 Å². The first kappa shape index (κ1) is 20.5. The molecule has 3 rings (SSSR count). The highest BCUT2D eigenvalue weighted by Gasteiger charge is 2.29. The first-order chi connectivity index (χ1) is 13.5. The molecule has 7 heteroatoms. The minimum absolute atomic E-state index is 0.0732. The second-order valence-corrected chi connectivity index (χ2v) is 8.24. The smallest absolute Gasteiger partial charge is 0.229 e. The van der Waals surface area contributed by atoms with Crippen molar-refractivity contribution in [2.75, 3.05) is 5.32 Å². The molecule has 0 spiro atoms. The zero-order valence-electron chi connectivity index (χ0n) is 16.8. The fraction of sp³-hybridized carbons (Fsp3) is 0.318. The number of nitriles is 1. The average molecular weight is 394 g/mol. The number of anilines is 1. The van der Waals surface area contributed by atoms with Crippen LogP contribution in [0.25, 0.3) is 11.0 Å². The van der Waals surface area contributed by atoms with Crippen molar-refractivity contribution in [1.82, 2.24) is 9.55 Å². The summed E-state index contributed by atoms with van der Waals surface area (Å²) in [5.74, 6) is -0.926. The fourth-order valence-corrected chi connectivity index (χ4v) is 3.34. The summed E-state index contributed by atoms with van der Waals surface area (Å²) in [5, 5.41) is 22.6. The number of imidazole rings is 1. The van der Waals surface area contributed by atoms with Gasteiger partial charge in [-0.15, -0.1) is 0 Å². The molecule has 2 N–H and O–H groups in total. The molecule has 2 aromatic carbocycles. The maximum absolute atomic E-state index is 14.5. The lowest BCUT2D eigenvalue weighted by atomic mass is 9.92. The van der Waals surface area contributed by atoms with E-state index in [-0.39, 0.29) is 23.4 Å². The van der Waals surface area contributed by atoms with Crippen LogP contribution < -0.4 is 5.32 Å². The maximum Gasteiger partial charge on any atom is 0.229 e. The molecule has 150 valence electrons. The number of aromatic nitrogens is 2. The Balaban J connectivity index is 1.99. The van der Waals surface area contributed by atoms with Crippen molar-refractivity contribution < 1.29 is 14.3 Å². The van der Waals surface area contributed by atoms with Gasteiger partial charge in [-0.25, -0.2) is 9.37 Å². The molecule has 0 bridgehead atoms. The number of aliphatic hydroxyl groups is 1. The first-order valence-corrected chi connectivity index (χ1v) is 9.23. The normalized spacial score (nSPS) is 13.7. The van der Waals surface area contributed by atoms with Crippen LogP contribution in [0.4, 0.5) is 10.3 Å². The van der Waals surface area contributed by atoms with Crippen LogP contribution in [-0.4, -0.2) is 20.6 Å². The summed E-state index contributed by atoms with van der Waals surface area (Å²) in [7, 11) is 0. The van der Waals surface area contributed by atoms with Crippen LogP contribution in [0, 0.1) is 17.1 Å². The minimum atomic E-state index is -1.37. The van der Waals surface area contributed by atoms with E-state index in [4.69, 9.17) is 5.26 Å². The van der Waals surface area contributed by atoms with E-state index in [9.17, 15) is 14.3 Å². The Labute approximate surface area is 168 Å². The quantitative estimate of drug-likeness (QED) is 0.699. The Morgan fingerprint density at radius 3 is 2.48 bits per heavy atom. The number of fused-ring (bicyclic) bond motifs is 1. The third-order valence-electron chi connectivity index (χ3n) is 4.67. The predicted molar refractivity (Wildman–Crippen MR) is 109 cm³/mol. The number of nitrogens with zero attached hydrogens (tertiary/aromatic N) is 3. The van der Waals surface area contributed by atoms with Crippen molar-refractivity contribution in [1.29, 1.82) is 5.26 Å². The summed E-state index contributed by atoms with van der Waals surface area (Å²) >= 11 is 0. The number of nitrogens with one attached hydrogen (secondary N) is 1. The number of carbonyl (C=O) groups is 1. The molecule has 1 heterocycles. The molecule has 0 saturated carbocycles. The van der Waals surface area contributed by atoms with Gasteiger partial charge in [-0.1, -0.05) is 30.3 Å². The molecule has 0 radical (unpaired) electrons. The lowest BCUT2D eigenvalue weighted by Gasteiger charge is -2.26. The Kier molecular flexibility index (Phi) is 5.16. The van der Waals surface area contributed by atoms with E-state index in [1.807, 2.05) is 32.9 Å². The van der Waals surface area contributed by atoms with Gasteiger partial charge in [0.1, 0.15) is 5.52 Å². The molecule has 1 atom stereocenters. The Hall–Kier alpha value is -3.24. The molecule has 0 aliphatic heterocycles. The summed E-state index contributed by atoms with van der Waals surface area (Å²) in [6.45, 7) is 7.23. The zero-order valence-corrected chi connectivity index (χ0v) is 16.8. The summed E-state index contributed by atoms with van der Waals surface area (Å²) in [5.41, 5.74) is -0.638. The molecule has 1 unspecified atom stereocenters. The topological polar surface area (TPSA) is 90.9 Å².